The number of hydrogen-bond acceptors (Lipinski definition) is 1. The third kappa shape index (κ3) is 2.31. The first-order valence-electron chi connectivity index (χ1n) is 6.21. The lowest BCUT2D eigenvalue weighted by Crippen LogP contribution is -2.06. The summed E-state index contributed by atoms with van der Waals surface area (Å²) < 4.78 is 16.7. The van der Waals surface area contributed by atoms with E-state index in [2.05, 4.69) is 27.8 Å². The predicted octanol–water partition coefficient (Wildman–Crippen LogP) is 5.21. The monoisotopic (exact) mass is 350 g/mol. The fourth-order valence-electron chi connectivity index (χ4n) is 2.37. The summed E-state index contributed by atoms with van der Waals surface area (Å²) >= 11 is 8.90. The second-order valence-electron chi connectivity index (χ2n) is 4.69. The molecule has 1 heterocycles. The largest absolute Gasteiger partial charge is 0.331 e. The molecule has 0 fully saturated rings. The number of nitrogens with one attached hydrogen (secondary N) is 1. The van der Waals surface area contributed by atoms with Gasteiger partial charge in [0.2, 0.25) is 0 Å². The van der Waals surface area contributed by atoms with E-state index >= 15 is 0 Å². The highest BCUT2D eigenvalue weighted by molar-refractivity contribution is 9.10. The molecule has 1 unspecified atom stereocenters. The summed E-state index contributed by atoms with van der Waals surface area (Å²) in [6.45, 7) is 2.05. The minimum absolute atomic E-state index is 0.0335. The Morgan fingerprint density at radius 2 is 1.90 bits per heavy atom. The first kappa shape index (κ1) is 13.5. The van der Waals surface area contributed by atoms with Gasteiger partial charge in [-0.2, -0.15) is 0 Å². The lowest BCUT2D eigenvalue weighted by molar-refractivity contribution is 0.618. The van der Waals surface area contributed by atoms with Crippen LogP contribution in [0, 0.1) is 10.6 Å². The van der Waals surface area contributed by atoms with Gasteiger partial charge in [0, 0.05) is 4.47 Å². The molecule has 0 aliphatic heterocycles. The summed E-state index contributed by atoms with van der Waals surface area (Å²) in [5.74, 6) is -0.230. The zero-order valence-corrected chi connectivity index (χ0v) is 13.1. The van der Waals surface area contributed by atoms with Crippen molar-refractivity contribution in [2.24, 2.45) is 0 Å². The van der Waals surface area contributed by atoms with Crippen LogP contribution in [0.2, 0.25) is 0 Å². The van der Waals surface area contributed by atoms with Crippen molar-refractivity contribution in [1.29, 1.82) is 0 Å². The van der Waals surface area contributed by atoms with Gasteiger partial charge in [0.1, 0.15) is 5.82 Å². The first-order chi connectivity index (χ1) is 9.56. The van der Waals surface area contributed by atoms with Crippen LogP contribution in [-0.4, -0.2) is 9.55 Å². The third-order valence-corrected chi connectivity index (χ3v) is 4.21. The molecule has 0 saturated carbocycles. The fourth-order valence-corrected chi connectivity index (χ4v) is 3.08. The number of fused-ring (bicyclic) bond motifs is 1. The number of aromatic nitrogens is 2. The van der Waals surface area contributed by atoms with Crippen molar-refractivity contribution in [3.63, 3.8) is 0 Å². The van der Waals surface area contributed by atoms with Crippen LogP contribution >= 0.6 is 28.1 Å². The molecule has 3 rings (SSSR count). The van der Waals surface area contributed by atoms with Crippen LogP contribution in [-0.2, 0) is 0 Å². The Morgan fingerprint density at radius 1 is 1.20 bits per heavy atom. The van der Waals surface area contributed by atoms with Gasteiger partial charge in [-0.3, -0.25) is 0 Å². The van der Waals surface area contributed by atoms with Gasteiger partial charge in [-0.15, -0.1) is 0 Å². The van der Waals surface area contributed by atoms with E-state index in [1.54, 1.807) is 12.1 Å². The standard InChI is InChI=1S/C15H12BrFN2S/c1-9(10-2-5-12(17)6-3-10)19-14-8-11(16)4-7-13(14)18-15(19)20/h2-9H,1H3,(H,18,20). The lowest BCUT2D eigenvalue weighted by Gasteiger charge is -2.15. The van der Waals surface area contributed by atoms with Crippen molar-refractivity contribution in [2.45, 2.75) is 13.0 Å². The van der Waals surface area contributed by atoms with Crippen LogP contribution < -0.4 is 0 Å². The second-order valence-corrected chi connectivity index (χ2v) is 5.99. The number of hydrogen-bond donors (Lipinski definition) is 1. The average Bonchev–Trinajstić information content (AvgIpc) is 2.74. The molecule has 0 aliphatic rings. The molecular formula is C15H12BrFN2S. The van der Waals surface area contributed by atoms with Crippen LogP contribution in [0.3, 0.4) is 0 Å². The molecule has 0 amide bonds. The van der Waals surface area contributed by atoms with Crippen molar-refractivity contribution < 1.29 is 4.39 Å². The minimum atomic E-state index is -0.230. The lowest BCUT2D eigenvalue weighted by atomic mass is 10.1. The van der Waals surface area contributed by atoms with E-state index in [-0.39, 0.29) is 11.9 Å². The molecule has 0 aliphatic carbocycles. The Kier molecular flexibility index (Phi) is 3.48. The number of rotatable bonds is 2. The highest BCUT2D eigenvalue weighted by Crippen LogP contribution is 2.26. The van der Waals surface area contributed by atoms with E-state index in [1.165, 1.54) is 12.1 Å². The molecule has 20 heavy (non-hydrogen) atoms. The molecular weight excluding hydrogens is 339 g/mol. The maximum absolute atomic E-state index is 13.0. The van der Waals surface area contributed by atoms with Crippen molar-refractivity contribution in [3.05, 3.63) is 63.1 Å². The SMILES string of the molecule is CC(c1ccc(F)cc1)n1c(=S)[nH]c2ccc(Br)cc21. The molecule has 3 aromatic rings. The molecule has 1 N–H and O–H groups in total. The van der Waals surface area contributed by atoms with E-state index < -0.39 is 0 Å². The number of benzene rings is 2. The molecule has 0 spiro atoms. The molecule has 1 aromatic heterocycles. The van der Waals surface area contributed by atoms with E-state index in [1.807, 2.05) is 22.8 Å². The van der Waals surface area contributed by atoms with Crippen LogP contribution in [0.1, 0.15) is 18.5 Å². The summed E-state index contributed by atoms with van der Waals surface area (Å²) in [4.78, 5) is 3.20. The number of aromatic amines is 1. The normalized spacial score (nSPS) is 12.8. The van der Waals surface area contributed by atoms with E-state index in [4.69, 9.17) is 12.2 Å². The third-order valence-electron chi connectivity index (χ3n) is 3.42. The maximum Gasteiger partial charge on any atom is 0.178 e. The summed E-state index contributed by atoms with van der Waals surface area (Å²) in [5, 5.41) is 0. The van der Waals surface area contributed by atoms with Crippen LogP contribution in [0.4, 0.5) is 4.39 Å². The minimum Gasteiger partial charge on any atom is -0.331 e. The predicted molar refractivity (Wildman–Crippen MR) is 85.0 cm³/mol. The summed E-state index contributed by atoms with van der Waals surface area (Å²) in [6.07, 6.45) is 0. The summed E-state index contributed by atoms with van der Waals surface area (Å²) in [5.41, 5.74) is 3.04. The van der Waals surface area contributed by atoms with Crippen molar-refractivity contribution in [2.75, 3.05) is 0 Å². The number of H-pyrrole nitrogens is 1. The van der Waals surface area contributed by atoms with Gasteiger partial charge in [0.25, 0.3) is 0 Å². The Bertz CT molecular complexity index is 820. The molecule has 1 atom stereocenters. The number of nitrogens with zero attached hydrogens (tertiary/aromatic N) is 1. The highest BCUT2D eigenvalue weighted by atomic mass is 79.9. The van der Waals surface area contributed by atoms with Gasteiger partial charge in [0.15, 0.2) is 4.77 Å². The van der Waals surface area contributed by atoms with Crippen LogP contribution in [0.25, 0.3) is 11.0 Å². The molecule has 102 valence electrons. The van der Waals surface area contributed by atoms with Gasteiger partial charge in [-0.1, -0.05) is 28.1 Å². The van der Waals surface area contributed by atoms with Gasteiger partial charge >= 0.3 is 0 Å². The fraction of sp³-hybridized carbons (Fsp3) is 0.133. The topological polar surface area (TPSA) is 20.7 Å². The highest BCUT2D eigenvalue weighted by Gasteiger charge is 2.13. The zero-order chi connectivity index (χ0) is 14.3. The van der Waals surface area contributed by atoms with Crippen molar-refractivity contribution >= 4 is 39.2 Å². The Morgan fingerprint density at radius 3 is 2.60 bits per heavy atom. The average molecular weight is 351 g/mol. The first-order valence-corrected chi connectivity index (χ1v) is 7.41. The maximum atomic E-state index is 13.0. The van der Waals surface area contributed by atoms with Gasteiger partial charge in [-0.25, -0.2) is 4.39 Å². The Balaban J connectivity index is 2.18. The molecule has 0 bridgehead atoms. The summed E-state index contributed by atoms with van der Waals surface area (Å²) in [7, 11) is 0. The quantitative estimate of drug-likeness (QED) is 0.629. The van der Waals surface area contributed by atoms with Crippen molar-refractivity contribution in [3.8, 4) is 0 Å². The Hall–Kier alpha value is -1.46. The number of halogens is 2. The summed E-state index contributed by atoms with van der Waals surface area (Å²) in [6, 6.07) is 12.6. The Labute approximate surface area is 129 Å². The van der Waals surface area contributed by atoms with Crippen LogP contribution in [0.5, 0.6) is 0 Å². The zero-order valence-electron chi connectivity index (χ0n) is 10.7. The molecule has 0 saturated heterocycles. The van der Waals surface area contributed by atoms with Crippen molar-refractivity contribution in [1.82, 2.24) is 9.55 Å². The van der Waals surface area contributed by atoms with E-state index in [9.17, 15) is 4.39 Å². The number of imidazole rings is 1. The van der Waals surface area contributed by atoms with E-state index in [0.717, 1.165) is 21.1 Å². The molecule has 2 aromatic carbocycles. The molecule has 2 nitrogen and oxygen atoms in total. The van der Waals surface area contributed by atoms with Crippen LogP contribution in [0.15, 0.2) is 46.9 Å². The smallest absolute Gasteiger partial charge is 0.178 e. The molecule has 0 radical (unpaired) electrons. The van der Waals surface area contributed by atoms with E-state index in [0.29, 0.717) is 4.77 Å². The molecule has 5 heteroatoms. The van der Waals surface area contributed by atoms with Gasteiger partial charge in [0.05, 0.1) is 17.1 Å². The second kappa shape index (κ2) is 5.14. The van der Waals surface area contributed by atoms with Gasteiger partial charge < -0.3 is 9.55 Å². The van der Waals surface area contributed by atoms with Gasteiger partial charge in [-0.05, 0) is 55.0 Å².